The fraction of sp³-hybridized carbons (Fsp3) is 0.154. The van der Waals surface area contributed by atoms with Crippen LogP contribution in [0, 0.1) is 0 Å². The van der Waals surface area contributed by atoms with Crippen molar-refractivity contribution in [3.05, 3.63) is 94.2 Å². The summed E-state index contributed by atoms with van der Waals surface area (Å²) in [6.45, 7) is 0.0970. The highest BCUT2D eigenvalue weighted by Crippen LogP contribution is 2.44. The molecule has 2 heterocycles. The van der Waals surface area contributed by atoms with Crippen molar-refractivity contribution in [2.75, 3.05) is 6.61 Å². The van der Waals surface area contributed by atoms with E-state index < -0.39 is 29.9 Å². The molecular weight excluding hydrogens is 468 g/mol. The predicted molar refractivity (Wildman–Crippen MR) is 129 cm³/mol. The summed E-state index contributed by atoms with van der Waals surface area (Å²) in [7, 11) is 0. The van der Waals surface area contributed by atoms with E-state index in [-0.39, 0.29) is 18.9 Å². The first-order valence-corrected chi connectivity index (χ1v) is 11.8. The van der Waals surface area contributed by atoms with Gasteiger partial charge in [-0.2, -0.15) is 0 Å². The lowest BCUT2D eigenvalue weighted by Crippen LogP contribution is -2.46. The Balaban J connectivity index is 1.29. The zero-order chi connectivity index (χ0) is 24.4. The second-order valence-corrected chi connectivity index (χ2v) is 9.09. The molecule has 1 aliphatic carbocycles. The first kappa shape index (κ1) is 22.5. The zero-order valence-electron chi connectivity index (χ0n) is 18.5. The van der Waals surface area contributed by atoms with E-state index in [0.29, 0.717) is 4.73 Å². The third kappa shape index (κ3) is 4.58. The van der Waals surface area contributed by atoms with Crippen LogP contribution in [0.15, 0.2) is 78.2 Å². The molecule has 0 saturated carbocycles. The predicted octanol–water partition coefficient (Wildman–Crippen LogP) is 4.07. The van der Waals surface area contributed by atoms with Gasteiger partial charge in [-0.05, 0) is 33.7 Å². The van der Waals surface area contributed by atoms with Gasteiger partial charge in [0.05, 0.1) is 0 Å². The SMILES string of the molecule is O=C(NC(Cc1cccs1)C(=O)On1c(O)ccc1O)OCC1c2ccccc2-c2ccccc21. The molecule has 9 heteroatoms. The van der Waals surface area contributed by atoms with Crippen molar-refractivity contribution in [1.82, 2.24) is 10.0 Å². The number of thiophene rings is 1. The molecule has 1 amide bonds. The maximum Gasteiger partial charge on any atom is 0.407 e. The van der Waals surface area contributed by atoms with Crippen molar-refractivity contribution in [1.29, 1.82) is 0 Å². The Morgan fingerprint density at radius 1 is 0.914 bits per heavy atom. The minimum absolute atomic E-state index is 0.0970. The second kappa shape index (κ2) is 9.55. The monoisotopic (exact) mass is 490 g/mol. The van der Waals surface area contributed by atoms with Crippen molar-refractivity contribution >= 4 is 23.4 Å². The average molecular weight is 491 g/mol. The Labute approximate surface area is 204 Å². The third-order valence-corrected chi connectivity index (χ3v) is 6.78. The summed E-state index contributed by atoms with van der Waals surface area (Å²) in [4.78, 5) is 31.5. The third-order valence-electron chi connectivity index (χ3n) is 5.88. The van der Waals surface area contributed by atoms with Gasteiger partial charge in [0, 0.05) is 29.3 Å². The minimum Gasteiger partial charge on any atom is -0.492 e. The molecule has 0 spiro atoms. The number of aromatic hydroxyl groups is 2. The fourth-order valence-electron chi connectivity index (χ4n) is 4.25. The lowest BCUT2D eigenvalue weighted by molar-refractivity contribution is -0.147. The molecule has 0 radical (unpaired) electrons. The number of aromatic nitrogens is 1. The fourth-order valence-corrected chi connectivity index (χ4v) is 5.01. The molecule has 0 aliphatic heterocycles. The van der Waals surface area contributed by atoms with Crippen LogP contribution in [0.2, 0.25) is 0 Å². The Morgan fingerprint density at radius 3 is 2.14 bits per heavy atom. The summed E-state index contributed by atoms with van der Waals surface area (Å²) >= 11 is 1.42. The molecule has 5 rings (SSSR count). The Bertz CT molecular complexity index is 1300. The molecule has 0 fully saturated rings. The molecule has 8 nitrogen and oxygen atoms in total. The van der Waals surface area contributed by atoms with Gasteiger partial charge in [0.1, 0.15) is 12.6 Å². The number of alkyl carbamates (subject to hydrolysis) is 1. The van der Waals surface area contributed by atoms with Crippen molar-refractivity contribution in [2.45, 2.75) is 18.4 Å². The maximum atomic E-state index is 12.8. The molecule has 4 aromatic rings. The van der Waals surface area contributed by atoms with Crippen molar-refractivity contribution in [2.24, 2.45) is 0 Å². The topological polar surface area (TPSA) is 110 Å². The van der Waals surface area contributed by atoms with Crippen molar-refractivity contribution in [3.8, 4) is 22.9 Å². The smallest absolute Gasteiger partial charge is 0.407 e. The Hall–Kier alpha value is -4.24. The van der Waals surface area contributed by atoms with E-state index in [1.54, 1.807) is 0 Å². The largest absolute Gasteiger partial charge is 0.492 e. The lowest BCUT2D eigenvalue weighted by atomic mass is 9.98. The number of fused-ring (bicyclic) bond motifs is 3. The molecule has 1 unspecified atom stereocenters. The summed E-state index contributed by atoms with van der Waals surface area (Å²) in [5, 5.41) is 24.0. The Kier molecular flexibility index (Phi) is 6.15. The number of nitrogens with one attached hydrogen (secondary N) is 1. The number of carbonyl (C=O) groups excluding carboxylic acids is 2. The summed E-state index contributed by atoms with van der Waals surface area (Å²) in [5.41, 5.74) is 4.38. The molecule has 35 heavy (non-hydrogen) atoms. The average Bonchev–Trinajstić information content (AvgIpc) is 3.57. The van der Waals surface area contributed by atoms with Gasteiger partial charge in [-0.3, -0.25) is 0 Å². The van der Waals surface area contributed by atoms with E-state index in [1.165, 1.54) is 23.5 Å². The first-order valence-electron chi connectivity index (χ1n) is 11.0. The molecule has 2 aromatic carbocycles. The van der Waals surface area contributed by atoms with Crippen LogP contribution in [0.3, 0.4) is 0 Å². The number of carbonyl (C=O) groups is 2. The standard InChI is InChI=1S/C26H22N2O6S/c29-23-11-12-24(30)28(23)34-25(31)22(14-16-6-5-13-35-16)27-26(32)33-15-21-19-9-3-1-7-17(19)18-8-2-4-10-20(18)21/h1-13,21-22,29-30H,14-15H2,(H,27,32). The van der Waals surface area contributed by atoms with Crippen molar-refractivity contribution in [3.63, 3.8) is 0 Å². The van der Waals surface area contributed by atoms with Gasteiger partial charge in [-0.1, -0.05) is 54.6 Å². The lowest BCUT2D eigenvalue weighted by Gasteiger charge is -2.19. The molecule has 178 valence electrons. The summed E-state index contributed by atoms with van der Waals surface area (Å²) < 4.78 is 6.15. The minimum atomic E-state index is -1.11. The van der Waals surface area contributed by atoms with Crippen LogP contribution >= 0.6 is 11.3 Å². The van der Waals surface area contributed by atoms with E-state index >= 15 is 0 Å². The highest BCUT2D eigenvalue weighted by Gasteiger charge is 2.30. The van der Waals surface area contributed by atoms with Crippen LogP contribution in [0.25, 0.3) is 11.1 Å². The number of amides is 1. The number of hydrogen-bond acceptors (Lipinski definition) is 7. The van der Waals surface area contributed by atoms with E-state index in [4.69, 9.17) is 9.57 Å². The van der Waals surface area contributed by atoms with Gasteiger partial charge in [-0.25, -0.2) is 9.59 Å². The quantitative estimate of drug-likeness (QED) is 0.360. The van der Waals surface area contributed by atoms with Gasteiger partial charge in [-0.15, -0.1) is 16.1 Å². The molecule has 3 N–H and O–H groups in total. The molecule has 0 saturated heterocycles. The number of ether oxygens (including phenoxy) is 1. The normalized spacial score (nSPS) is 13.0. The van der Waals surface area contributed by atoms with Crippen LogP contribution in [0.5, 0.6) is 11.8 Å². The highest BCUT2D eigenvalue weighted by atomic mass is 32.1. The van der Waals surface area contributed by atoms with Crippen molar-refractivity contribution < 1.29 is 29.4 Å². The number of rotatable bonds is 7. The van der Waals surface area contributed by atoms with Crippen LogP contribution in [-0.2, 0) is 16.0 Å². The summed E-state index contributed by atoms with van der Waals surface area (Å²) in [6, 6.07) is 20.9. The van der Waals surface area contributed by atoms with Crippen LogP contribution in [0.4, 0.5) is 4.79 Å². The van der Waals surface area contributed by atoms with E-state index in [0.717, 1.165) is 27.1 Å². The van der Waals surface area contributed by atoms with E-state index in [1.807, 2.05) is 66.0 Å². The van der Waals surface area contributed by atoms with Crippen LogP contribution in [-0.4, -0.2) is 39.7 Å². The van der Waals surface area contributed by atoms with Gasteiger partial charge in [0.2, 0.25) is 11.8 Å². The Morgan fingerprint density at radius 2 is 1.54 bits per heavy atom. The van der Waals surface area contributed by atoms with E-state index in [2.05, 4.69) is 5.32 Å². The van der Waals surface area contributed by atoms with E-state index in [9.17, 15) is 19.8 Å². The van der Waals surface area contributed by atoms with Gasteiger partial charge >= 0.3 is 12.1 Å². The molecular formula is C26H22N2O6S. The molecule has 2 aromatic heterocycles. The number of nitrogens with zero attached hydrogens (tertiary/aromatic N) is 1. The maximum absolute atomic E-state index is 12.8. The van der Waals surface area contributed by atoms with Crippen LogP contribution in [0.1, 0.15) is 21.9 Å². The highest BCUT2D eigenvalue weighted by molar-refractivity contribution is 7.09. The second-order valence-electron chi connectivity index (χ2n) is 8.06. The number of hydrogen-bond donors (Lipinski definition) is 3. The molecule has 1 aliphatic rings. The first-order chi connectivity index (χ1) is 17.0. The number of benzene rings is 2. The summed E-state index contributed by atoms with van der Waals surface area (Å²) in [5.74, 6) is -1.89. The summed E-state index contributed by atoms with van der Waals surface area (Å²) in [6.07, 6.45) is -0.616. The van der Waals surface area contributed by atoms with Gasteiger partial charge in [0.15, 0.2) is 0 Å². The van der Waals surface area contributed by atoms with Gasteiger partial charge in [0.25, 0.3) is 0 Å². The zero-order valence-corrected chi connectivity index (χ0v) is 19.3. The molecule has 1 atom stereocenters. The van der Waals surface area contributed by atoms with Crippen LogP contribution < -0.4 is 10.2 Å². The molecule has 0 bridgehead atoms. The van der Waals surface area contributed by atoms with Gasteiger partial charge < -0.3 is 25.1 Å².